The highest BCUT2D eigenvalue weighted by molar-refractivity contribution is 7.97. The van der Waals surface area contributed by atoms with E-state index in [1.165, 1.54) is 16.7 Å². The molecule has 0 heterocycles. The Hall–Kier alpha value is -3.12. The van der Waals surface area contributed by atoms with E-state index in [1.54, 1.807) is 0 Å². The smallest absolute Gasteiger partial charge is 0.250 e. The first kappa shape index (κ1) is 32.1. The summed E-state index contributed by atoms with van der Waals surface area (Å²) in [7, 11) is -0.370. The molecular weight excluding hydrogens is 508 g/mol. The number of hydrogen-bond acceptors (Lipinski definition) is 5. The van der Waals surface area contributed by atoms with Crippen LogP contribution in [0.5, 0.6) is 17.2 Å². The van der Waals surface area contributed by atoms with Crippen LogP contribution in [0.3, 0.4) is 0 Å². The molecule has 3 rings (SSSR count). The maximum absolute atomic E-state index is 9.26. The molecule has 3 aromatic rings. The van der Waals surface area contributed by atoms with Gasteiger partial charge in [-0.25, -0.2) is 0 Å². The van der Waals surface area contributed by atoms with Gasteiger partial charge in [0, 0.05) is 18.1 Å². The van der Waals surface area contributed by atoms with Crippen LogP contribution in [0, 0.1) is 0 Å². The average Bonchev–Trinajstić information content (AvgIpc) is 2.96. The van der Waals surface area contributed by atoms with E-state index in [0.29, 0.717) is 19.8 Å². The molecule has 212 valence electrons. The second-order valence-electron chi connectivity index (χ2n) is 9.01. The number of rotatable bonds is 16. The average molecular weight is 553 g/mol. The number of benzene rings is 3. The Balaban J connectivity index is 0.000000976. The predicted molar refractivity (Wildman–Crippen MR) is 158 cm³/mol. The number of carboxylic acid groups (broad SMARTS) is 1. The Kier molecular flexibility index (Phi) is 15.7. The first-order chi connectivity index (χ1) is 19.0. The van der Waals surface area contributed by atoms with Crippen LogP contribution in [-0.4, -0.2) is 25.8 Å². The lowest BCUT2D eigenvalue weighted by Gasteiger charge is -2.18. The van der Waals surface area contributed by atoms with E-state index in [4.69, 9.17) is 14.2 Å². The van der Waals surface area contributed by atoms with Crippen molar-refractivity contribution in [3.05, 3.63) is 72.8 Å². The van der Waals surface area contributed by atoms with Crippen molar-refractivity contribution >= 4 is 16.9 Å². The molecule has 0 spiro atoms. The minimum atomic E-state index is -0.995. The van der Waals surface area contributed by atoms with Crippen LogP contribution in [0.25, 0.3) is 0 Å². The van der Waals surface area contributed by atoms with Gasteiger partial charge in [0.15, 0.2) is 21.3 Å². The van der Waals surface area contributed by atoms with Crippen molar-refractivity contribution in [2.45, 2.75) is 87.3 Å². The summed E-state index contributed by atoms with van der Waals surface area (Å²) >= 11 is 0. The van der Waals surface area contributed by atoms with Crippen molar-refractivity contribution in [2.24, 2.45) is 0 Å². The maximum atomic E-state index is 9.26. The highest BCUT2D eigenvalue weighted by Crippen LogP contribution is 2.45. The topological polar surface area (TPSA) is 67.8 Å². The number of carbonyl (C=O) groups excluding carboxylic acids is 1. The molecule has 0 saturated heterocycles. The molecule has 5 nitrogen and oxygen atoms in total. The van der Waals surface area contributed by atoms with Gasteiger partial charge in [0.05, 0.1) is 19.8 Å². The molecule has 0 aliphatic rings. The standard InChI is InChI=1S/C30H39O3S.C3H6O2/c1-4-7-20-31-25-23-28(32-21-8-5-2)30(29(24-25)33-22-9-6-3)34(26-16-12-10-13-17-26)27-18-14-11-15-19-27;1-2-3(4)5/h10-19,23-24H,4-9,20-22H2,1-3H3;2H2,1H3,(H,4,5)/q+1;/p-1. The summed E-state index contributed by atoms with van der Waals surface area (Å²) in [4.78, 5) is 12.9. The number of ether oxygens (including phenoxy) is 3. The van der Waals surface area contributed by atoms with Crippen LogP contribution in [0.4, 0.5) is 0 Å². The summed E-state index contributed by atoms with van der Waals surface area (Å²) < 4.78 is 19.0. The zero-order chi connectivity index (χ0) is 28.3. The molecule has 0 bridgehead atoms. The van der Waals surface area contributed by atoms with Crippen LogP contribution in [0.1, 0.15) is 72.6 Å². The molecule has 0 unspecified atom stereocenters. The van der Waals surface area contributed by atoms with Gasteiger partial charge in [-0.2, -0.15) is 0 Å². The lowest BCUT2D eigenvalue weighted by atomic mass is 10.2. The molecule has 0 amide bonds. The van der Waals surface area contributed by atoms with E-state index in [-0.39, 0.29) is 17.3 Å². The number of carbonyl (C=O) groups is 1. The number of unbranched alkanes of at least 4 members (excludes halogenated alkanes) is 3. The number of aliphatic carboxylic acids is 1. The van der Waals surface area contributed by atoms with Crippen LogP contribution in [0.15, 0.2) is 87.5 Å². The zero-order valence-electron chi connectivity index (χ0n) is 23.9. The van der Waals surface area contributed by atoms with Crippen molar-refractivity contribution in [1.82, 2.24) is 0 Å². The van der Waals surface area contributed by atoms with Gasteiger partial charge in [0.1, 0.15) is 16.6 Å². The van der Waals surface area contributed by atoms with Crippen molar-refractivity contribution in [2.75, 3.05) is 19.8 Å². The van der Waals surface area contributed by atoms with Crippen LogP contribution in [-0.2, 0) is 15.7 Å². The Labute approximate surface area is 237 Å². The van der Waals surface area contributed by atoms with Crippen LogP contribution < -0.4 is 19.3 Å². The summed E-state index contributed by atoms with van der Waals surface area (Å²) in [6, 6.07) is 25.5. The van der Waals surface area contributed by atoms with E-state index >= 15 is 0 Å². The van der Waals surface area contributed by atoms with Gasteiger partial charge in [0.25, 0.3) is 0 Å². The normalized spacial score (nSPS) is 10.5. The second-order valence-corrected chi connectivity index (χ2v) is 11.0. The van der Waals surface area contributed by atoms with Crippen LogP contribution >= 0.6 is 0 Å². The molecule has 0 fully saturated rings. The first-order valence-corrected chi connectivity index (χ1v) is 15.4. The first-order valence-electron chi connectivity index (χ1n) is 14.2. The Bertz CT molecular complexity index is 1000. The van der Waals surface area contributed by atoms with Crippen molar-refractivity contribution in [1.29, 1.82) is 0 Å². The largest absolute Gasteiger partial charge is 0.550 e. The van der Waals surface area contributed by atoms with Gasteiger partial charge in [-0.05, 0) is 49.9 Å². The molecule has 0 atom stereocenters. The fourth-order valence-electron chi connectivity index (χ4n) is 3.52. The maximum Gasteiger partial charge on any atom is 0.250 e. The van der Waals surface area contributed by atoms with Crippen molar-refractivity contribution < 1.29 is 24.1 Å². The van der Waals surface area contributed by atoms with Gasteiger partial charge >= 0.3 is 0 Å². The summed E-state index contributed by atoms with van der Waals surface area (Å²) in [6.45, 7) is 10.1. The van der Waals surface area contributed by atoms with Crippen LogP contribution in [0.2, 0.25) is 0 Å². The molecule has 0 N–H and O–H groups in total. The molecule has 0 aliphatic heterocycles. The lowest BCUT2D eigenvalue weighted by Crippen LogP contribution is -2.19. The van der Waals surface area contributed by atoms with E-state index in [0.717, 1.165) is 60.7 Å². The third-order valence-corrected chi connectivity index (χ3v) is 8.02. The predicted octanol–water partition coefficient (Wildman–Crippen LogP) is 7.47. The highest BCUT2D eigenvalue weighted by Gasteiger charge is 2.36. The van der Waals surface area contributed by atoms with E-state index < -0.39 is 5.97 Å². The second kappa shape index (κ2) is 19.0. The molecule has 0 aromatic heterocycles. The Morgan fingerprint density at radius 3 is 1.41 bits per heavy atom. The fourth-order valence-corrected chi connectivity index (χ4v) is 5.76. The minimum Gasteiger partial charge on any atom is -0.550 e. The number of hydrogen-bond donors (Lipinski definition) is 0. The van der Waals surface area contributed by atoms with Gasteiger partial charge in [-0.1, -0.05) is 83.4 Å². The van der Waals surface area contributed by atoms with Gasteiger partial charge in [-0.3, -0.25) is 0 Å². The minimum absolute atomic E-state index is 0.111. The van der Waals surface area contributed by atoms with E-state index in [9.17, 15) is 9.90 Å². The SMILES string of the molecule is CCC(=O)[O-].CCCCOc1cc(OCCCC)c([S+](c2ccccc2)c2ccccc2)c(OCCCC)c1. The van der Waals surface area contributed by atoms with Gasteiger partial charge < -0.3 is 24.1 Å². The van der Waals surface area contributed by atoms with Gasteiger partial charge in [-0.15, -0.1) is 0 Å². The third-order valence-electron chi connectivity index (χ3n) is 5.72. The Morgan fingerprint density at radius 2 is 1.05 bits per heavy atom. The summed E-state index contributed by atoms with van der Waals surface area (Å²) in [5, 5.41) is 9.26. The molecule has 3 aromatic carbocycles. The fraction of sp³-hybridized carbons (Fsp3) is 0.424. The monoisotopic (exact) mass is 552 g/mol. The molecule has 0 aliphatic carbocycles. The van der Waals surface area contributed by atoms with Gasteiger partial charge in [0.2, 0.25) is 4.90 Å². The molecule has 0 saturated carbocycles. The van der Waals surface area contributed by atoms with E-state index in [2.05, 4.69) is 93.6 Å². The summed E-state index contributed by atoms with van der Waals surface area (Å²) in [6.07, 6.45) is 6.44. The summed E-state index contributed by atoms with van der Waals surface area (Å²) in [5.41, 5.74) is 0. The lowest BCUT2D eigenvalue weighted by molar-refractivity contribution is -0.305. The Morgan fingerprint density at radius 1 is 0.667 bits per heavy atom. The highest BCUT2D eigenvalue weighted by atomic mass is 32.2. The summed E-state index contributed by atoms with van der Waals surface area (Å²) in [5.74, 6) is 1.56. The molecule has 6 heteroatoms. The zero-order valence-corrected chi connectivity index (χ0v) is 24.8. The van der Waals surface area contributed by atoms with Crippen molar-refractivity contribution in [3.8, 4) is 17.2 Å². The molecule has 0 radical (unpaired) electrons. The quantitative estimate of drug-likeness (QED) is 0.136. The van der Waals surface area contributed by atoms with E-state index in [1.807, 2.05) is 0 Å². The molecule has 39 heavy (non-hydrogen) atoms. The number of carboxylic acids is 1. The van der Waals surface area contributed by atoms with Crippen molar-refractivity contribution in [3.63, 3.8) is 0 Å². The third kappa shape index (κ3) is 11.3. The molecular formula is C33H44O5S.